The van der Waals surface area contributed by atoms with E-state index in [1.54, 1.807) is 6.33 Å². The lowest BCUT2D eigenvalue weighted by atomic mass is 9.97. The summed E-state index contributed by atoms with van der Waals surface area (Å²) in [6.45, 7) is 15.3. The molecule has 210 valence electrons. The molecule has 0 spiro atoms. The normalized spacial score (nSPS) is 18.7. The molecule has 40 heavy (non-hydrogen) atoms. The molecule has 0 saturated carbocycles. The number of ether oxygens (including phenoxy) is 1. The molecular formula is C29H36N8O3. The number of anilines is 1. The number of carbonyl (C=O) groups excluding carboxylic acids is 1. The van der Waals surface area contributed by atoms with Crippen molar-refractivity contribution in [1.82, 2.24) is 35.0 Å². The van der Waals surface area contributed by atoms with Crippen molar-refractivity contribution in [2.24, 2.45) is 0 Å². The molecule has 1 N–H and O–H groups in total. The number of hydrogen-bond donors (Lipinski definition) is 1. The van der Waals surface area contributed by atoms with Gasteiger partial charge in [-0.2, -0.15) is 10.1 Å². The molecule has 0 radical (unpaired) electrons. The largest absolute Gasteiger partial charge is 0.378 e. The van der Waals surface area contributed by atoms with Gasteiger partial charge in [-0.05, 0) is 37.1 Å². The van der Waals surface area contributed by atoms with E-state index in [0.717, 1.165) is 66.4 Å². The minimum atomic E-state index is -0.364. The first-order chi connectivity index (χ1) is 19.2. The third-order valence-corrected chi connectivity index (χ3v) is 7.85. The molecule has 0 unspecified atom stereocenters. The topological polar surface area (TPSA) is 114 Å². The highest BCUT2D eigenvalue weighted by molar-refractivity contribution is 5.90. The number of nitrogens with one attached hydrogen (secondary N) is 1. The monoisotopic (exact) mass is 544 g/mol. The lowest BCUT2D eigenvalue weighted by Crippen LogP contribution is -2.59. The summed E-state index contributed by atoms with van der Waals surface area (Å²) in [4.78, 5) is 26.5. The van der Waals surface area contributed by atoms with Crippen LogP contribution in [-0.2, 0) is 16.7 Å². The smallest absolute Gasteiger partial charge is 0.292 e. The maximum Gasteiger partial charge on any atom is 0.292 e. The van der Waals surface area contributed by atoms with Crippen LogP contribution in [0.4, 0.5) is 5.69 Å². The third kappa shape index (κ3) is 5.06. The molecule has 2 fully saturated rings. The molecule has 2 aliphatic rings. The van der Waals surface area contributed by atoms with Crippen molar-refractivity contribution in [3.63, 3.8) is 0 Å². The predicted octanol–water partition coefficient (Wildman–Crippen LogP) is 3.22. The van der Waals surface area contributed by atoms with E-state index in [9.17, 15) is 4.79 Å². The molecule has 0 bridgehead atoms. The first-order valence-electron chi connectivity index (χ1n) is 13.8. The number of benzene rings is 1. The van der Waals surface area contributed by atoms with E-state index in [0.29, 0.717) is 24.5 Å². The molecule has 1 atom stereocenters. The molecule has 11 heteroatoms. The van der Waals surface area contributed by atoms with Gasteiger partial charge >= 0.3 is 0 Å². The van der Waals surface area contributed by atoms with Gasteiger partial charge in [-0.25, -0.2) is 9.50 Å². The van der Waals surface area contributed by atoms with E-state index in [-0.39, 0.29) is 17.1 Å². The van der Waals surface area contributed by atoms with Gasteiger partial charge in [-0.1, -0.05) is 38.1 Å². The van der Waals surface area contributed by atoms with Crippen LogP contribution in [0.3, 0.4) is 0 Å². The number of fused-ring (bicyclic) bond motifs is 1. The van der Waals surface area contributed by atoms with Gasteiger partial charge in [0.25, 0.3) is 11.7 Å². The van der Waals surface area contributed by atoms with Crippen molar-refractivity contribution in [3.8, 4) is 11.3 Å². The molecule has 11 nitrogen and oxygen atoms in total. The fraction of sp³-hybridized carbons (Fsp3) is 0.483. The average Bonchev–Trinajstić information content (AvgIpc) is 3.55. The van der Waals surface area contributed by atoms with E-state index in [1.807, 2.05) is 44.3 Å². The van der Waals surface area contributed by atoms with Crippen LogP contribution in [0.5, 0.6) is 0 Å². The van der Waals surface area contributed by atoms with E-state index >= 15 is 0 Å². The highest BCUT2D eigenvalue weighted by Gasteiger charge is 2.32. The summed E-state index contributed by atoms with van der Waals surface area (Å²) in [5, 5.41) is 11.2. The Morgan fingerprint density at radius 1 is 1.18 bits per heavy atom. The fourth-order valence-corrected chi connectivity index (χ4v) is 5.35. The summed E-state index contributed by atoms with van der Waals surface area (Å²) < 4.78 is 12.6. The van der Waals surface area contributed by atoms with Crippen LogP contribution in [0.15, 0.2) is 41.3 Å². The highest BCUT2D eigenvalue weighted by Crippen LogP contribution is 2.30. The SMILES string of the molecule is Cc1cc(-c2ncnn3cc(N4CCN(C5COC5)C[C@@H]4C)cc23)ccc1CNC(=O)c1noc(C(C)(C)C)n1. The Hall–Kier alpha value is -3.83. The standard InChI is InChI=1S/C29H36N8O3/c1-18-10-20(6-7-21(18)12-30-27(38)26-33-28(40-34-26)29(3,4)5)25-24-11-22(14-37(24)32-17-31-25)36-9-8-35(13-19(36)2)23-15-39-16-23/h6-7,10-11,14,17,19,23H,8-9,12-13,15-16H2,1-5H3,(H,30,38)/t19-/m0/s1. The molecule has 4 aromatic rings. The van der Waals surface area contributed by atoms with Gasteiger partial charge in [0, 0.05) is 43.2 Å². The Balaban J connectivity index is 1.17. The first-order valence-corrected chi connectivity index (χ1v) is 13.8. The van der Waals surface area contributed by atoms with E-state index in [1.165, 1.54) is 0 Å². The minimum Gasteiger partial charge on any atom is -0.378 e. The van der Waals surface area contributed by atoms with Crippen LogP contribution in [0, 0.1) is 6.92 Å². The molecular weight excluding hydrogens is 508 g/mol. The quantitative estimate of drug-likeness (QED) is 0.391. The maximum atomic E-state index is 12.6. The zero-order chi connectivity index (χ0) is 28.0. The molecule has 6 rings (SSSR count). The highest BCUT2D eigenvalue weighted by atomic mass is 16.5. The van der Waals surface area contributed by atoms with Crippen molar-refractivity contribution in [1.29, 1.82) is 0 Å². The Morgan fingerprint density at radius 3 is 2.67 bits per heavy atom. The van der Waals surface area contributed by atoms with Crippen molar-refractivity contribution >= 4 is 17.1 Å². The molecule has 2 aliphatic heterocycles. The van der Waals surface area contributed by atoms with Crippen LogP contribution in [0.25, 0.3) is 16.8 Å². The van der Waals surface area contributed by atoms with Gasteiger partial charge in [0.05, 0.1) is 42.4 Å². The zero-order valence-corrected chi connectivity index (χ0v) is 23.7. The summed E-state index contributed by atoms with van der Waals surface area (Å²) in [5.74, 6) is 0.111. The van der Waals surface area contributed by atoms with Crippen molar-refractivity contribution in [2.45, 2.75) is 58.7 Å². The van der Waals surface area contributed by atoms with Gasteiger partial charge in [-0.15, -0.1) is 0 Å². The number of aryl methyl sites for hydroxylation is 1. The number of carbonyl (C=O) groups is 1. The third-order valence-electron chi connectivity index (χ3n) is 7.85. The van der Waals surface area contributed by atoms with Gasteiger partial charge < -0.3 is 19.5 Å². The number of rotatable bonds is 6. The van der Waals surface area contributed by atoms with Crippen molar-refractivity contribution in [2.75, 3.05) is 37.7 Å². The Labute approximate surface area is 233 Å². The summed E-state index contributed by atoms with van der Waals surface area (Å²) in [5.41, 5.74) is 5.73. The summed E-state index contributed by atoms with van der Waals surface area (Å²) >= 11 is 0. The molecule has 3 aromatic heterocycles. The van der Waals surface area contributed by atoms with E-state index < -0.39 is 0 Å². The maximum absolute atomic E-state index is 12.6. The number of aromatic nitrogens is 5. The first kappa shape index (κ1) is 26.4. The molecule has 0 aliphatic carbocycles. The summed E-state index contributed by atoms with van der Waals surface area (Å²) in [7, 11) is 0. The number of amides is 1. The second-order valence-corrected chi connectivity index (χ2v) is 11.9. The second kappa shape index (κ2) is 10.3. The summed E-state index contributed by atoms with van der Waals surface area (Å²) in [6, 6.07) is 9.31. The predicted molar refractivity (Wildman–Crippen MR) is 150 cm³/mol. The van der Waals surface area contributed by atoms with Crippen LogP contribution in [0.1, 0.15) is 55.3 Å². The van der Waals surface area contributed by atoms with Crippen molar-refractivity contribution < 1.29 is 14.1 Å². The number of piperazine rings is 1. The Morgan fingerprint density at radius 2 is 2.00 bits per heavy atom. The number of nitrogens with zero attached hydrogens (tertiary/aromatic N) is 7. The van der Waals surface area contributed by atoms with Gasteiger partial charge in [0.1, 0.15) is 6.33 Å². The lowest BCUT2D eigenvalue weighted by Gasteiger charge is -2.46. The summed E-state index contributed by atoms with van der Waals surface area (Å²) in [6.07, 6.45) is 3.70. The van der Waals surface area contributed by atoms with E-state index in [4.69, 9.17) is 9.26 Å². The minimum absolute atomic E-state index is 0.0411. The zero-order valence-electron chi connectivity index (χ0n) is 23.7. The van der Waals surface area contributed by atoms with Gasteiger partial charge in [0.15, 0.2) is 0 Å². The molecule has 1 amide bonds. The lowest BCUT2D eigenvalue weighted by molar-refractivity contribution is -0.0691. The van der Waals surface area contributed by atoms with Crippen LogP contribution >= 0.6 is 0 Å². The van der Waals surface area contributed by atoms with Crippen LogP contribution < -0.4 is 10.2 Å². The van der Waals surface area contributed by atoms with Gasteiger partial charge in [-0.3, -0.25) is 9.69 Å². The molecule has 5 heterocycles. The molecule has 1 aromatic carbocycles. The molecule has 2 saturated heterocycles. The Kier molecular flexibility index (Phi) is 6.79. The van der Waals surface area contributed by atoms with Crippen LogP contribution in [0.2, 0.25) is 0 Å². The Bertz CT molecular complexity index is 1530. The van der Waals surface area contributed by atoms with Crippen molar-refractivity contribution in [3.05, 3.63) is 59.6 Å². The fourth-order valence-electron chi connectivity index (χ4n) is 5.35. The van der Waals surface area contributed by atoms with Gasteiger partial charge in [0.2, 0.25) is 5.89 Å². The second-order valence-electron chi connectivity index (χ2n) is 11.9. The van der Waals surface area contributed by atoms with Crippen LogP contribution in [-0.4, -0.2) is 80.5 Å². The van der Waals surface area contributed by atoms with E-state index in [2.05, 4.69) is 60.6 Å². The average molecular weight is 545 g/mol. The number of hydrogen-bond acceptors (Lipinski definition) is 9.